The van der Waals surface area contributed by atoms with E-state index in [0.717, 1.165) is 5.56 Å². The first-order valence-corrected chi connectivity index (χ1v) is 7.62. The second-order valence-electron chi connectivity index (χ2n) is 4.98. The number of pyridine rings is 1. The Kier molecular flexibility index (Phi) is 4.98. The molecule has 0 radical (unpaired) electrons. The minimum atomic E-state index is -0.278. The quantitative estimate of drug-likeness (QED) is 0.744. The summed E-state index contributed by atoms with van der Waals surface area (Å²) in [5.41, 5.74) is 1.54. The standard InChI is InChI=1S/C17H14ClN5O/c18-14-5-3-12(4-6-14)10-20-15-7-8-16(23-22-15)21-17(24)13-2-1-9-19-11-13/h1-9,11H,10H2,(H,20,22)(H,21,23,24). The average molecular weight is 340 g/mol. The molecule has 0 aliphatic rings. The van der Waals surface area contributed by atoms with Gasteiger partial charge in [-0.05, 0) is 42.0 Å². The van der Waals surface area contributed by atoms with Gasteiger partial charge in [-0.1, -0.05) is 23.7 Å². The van der Waals surface area contributed by atoms with E-state index in [1.807, 2.05) is 24.3 Å². The third-order valence-electron chi connectivity index (χ3n) is 3.22. The zero-order chi connectivity index (χ0) is 16.8. The molecule has 0 aliphatic carbocycles. The van der Waals surface area contributed by atoms with Gasteiger partial charge in [0, 0.05) is 24.0 Å². The Bertz CT molecular complexity index is 807. The number of nitrogens with one attached hydrogen (secondary N) is 2. The average Bonchev–Trinajstić information content (AvgIpc) is 2.63. The first-order valence-electron chi connectivity index (χ1n) is 7.24. The van der Waals surface area contributed by atoms with Crippen LogP contribution < -0.4 is 10.6 Å². The molecule has 3 rings (SSSR count). The fourth-order valence-electron chi connectivity index (χ4n) is 1.97. The minimum Gasteiger partial charge on any atom is -0.365 e. The van der Waals surface area contributed by atoms with Gasteiger partial charge in [0.1, 0.15) is 5.82 Å². The van der Waals surface area contributed by atoms with Crippen LogP contribution in [-0.2, 0) is 6.54 Å². The van der Waals surface area contributed by atoms with E-state index in [4.69, 9.17) is 11.6 Å². The lowest BCUT2D eigenvalue weighted by Gasteiger charge is -2.07. The van der Waals surface area contributed by atoms with Crippen LogP contribution in [0.15, 0.2) is 60.9 Å². The summed E-state index contributed by atoms with van der Waals surface area (Å²) >= 11 is 5.85. The number of hydrogen-bond donors (Lipinski definition) is 2. The first-order chi connectivity index (χ1) is 11.7. The summed E-state index contributed by atoms with van der Waals surface area (Å²) in [6.07, 6.45) is 3.10. The van der Waals surface area contributed by atoms with Crippen LogP contribution >= 0.6 is 11.6 Å². The van der Waals surface area contributed by atoms with Gasteiger partial charge in [0.2, 0.25) is 0 Å². The predicted molar refractivity (Wildman–Crippen MR) is 93.0 cm³/mol. The van der Waals surface area contributed by atoms with Crippen molar-refractivity contribution in [1.82, 2.24) is 15.2 Å². The van der Waals surface area contributed by atoms with Gasteiger partial charge in [-0.15, -0.1) is 10.2 Å². The number of hydrogen-bond acceptors (Lipinski definition) is 5. The molecule has 0 atom stereocenters. The Labute approximate surface area is 143 Å². The van der Waals surface area contributed by atoms with Crippen molar-refractivity contribution in [3.8, 4) is 0 Å². The van der Waals surface area contributed by atoms with Gasteiger partial charge in [-0.25, -0.2) is 0 Å². The van der Waals surface area contributed by atoms with Crippen LogP contribution in [0, 0.1) is 0 Å². The normalized spacial score (nSPS) is 10.2. The zero-order valence-electron chi connectivity index (χ0n) is 12.6. The number of amides is 1. The molecule has 0 saturated carbocycles. The van der Waals surface area contributed by atoms with E-state index in [2.05, 4.69) is 25.8 Å². The molecule has 0 bridgehead atoms. The third kappa shape index (κ3) is 4.27. The number of carbonyl (C=O) groups excluding carboxylic acids is 1. The maximum atomic E-state index is 12.0. The lowest BCUT2D eigenvalue weighted by atomic mass is 10.2. The van der Waals surface area contributed by atoms with E-state index in [1.54, 1.807) is 30.5 Å². The maximum absolute atomic E-state index is 12.0. The molecule has 1 amide bonds. The summed E-state index contributed by atoms with van der Waals surface area (Å²) in [5, 5.41) is 14.5. The van der Waals surface area contributed by atoms with Gasteiger partial charge >= 0.3 is 0 Å². The van der Waals surface area contributed by atoms with Crippen LogP contribution in [0.4, 0.5) is 11.6 Å². The van der Waals surface area contributed by atoms with Gasteiger partial charge in [-0.2, -0.15) is 0 Å². The van der Waals surface area contributed by atoms with Crippen LogP contribution in [0.3, 0.4) is 0 Å². The molecular formula is C17H14ClN5O. The highest BCUT2D eigenvalue weighted by Gasteiger charge is 2.07. The van der Waals surface area contributed by atoms with Crippen molar-refractivity contribution in [3.05, 3.63) is 77.1 Å². The number of rotatable bonds is 5. The Morgan fingerprint density at radius 2 is 1.75 bits per heavy atom. The predicted octanol–water partition coefficient (Wildman–Crippen LogP) is 3.39. The summed E-state index contributed by atoms with van der Waals surface area (Å²) in [6.45, 7) is 0.604. The highest BCUT2D eigenvalue weighted by molar-refractivity contribution is 6.30. The zero-order valence-corrected chi connectivity index (χ0v) is 13.4. The summed E-state index contributed by atoms with van der Waals surface area (Å²) in [6, 6.07) is 14.4. The van der Waals surface area contributed by atoms with E-state index >= 15 is 0 Å². The molecule has 0 fully saturated rings. The van der Waals surface area contributed by atoms with Crippen LogP contribution in [0.1, 0.15) is 15.9 Å². The number of aromatic nitrogens is 3. The topological polar surface area (TPSA) is 79.8 Å². The molecular weight excluding hydrogens is 326 g/mol. The molecule has 0 saturated heterocycles. The van der Waals surface area contributed by atoms with Gasteiger partial charge in [0.25, 0.3) is 5.91 Å². The molecule has 2 aromatic heterocycles. The van der Waals surface area contributed by atoms with E-state index < -0.39 is 0 Å². The van der Waals surface area contributed by atoms with Crippen molar-refractivity contribution < 1.29 is 4.79 Å². The van der Waals surface area contributed by atoms with Crippen molar-refractivity contribution in [1.29, 1.82) is 0 Å². The maximum Gasteiger partial charge on any atom is 0.258 e. The molecule has 6 nitrogen and oxygen atoms in total. The highest BCUT2D eigenvalue weighted by atomic mass is 35.5. The molecule has 3 aromatic rings. The van der Waals surface area contributed by atoms with Crippen LogP contribution in [0.25, 0.3) is 0 Å². The van der Waals surface area contributed by atoms with E-state index in [0.29, 0.717) is 28.8 Å². The third-order valence-corrected chi connectivity index (χ3v) is 3.47. The summed E-state index contributed by atoms with van der Waals surface area (Å²) in [5.74, 6) is 0.712. The summed E-state index contributed by atoms with van der Waals surface area (Å²) in [7, 11) is 0. The minimum absolute atomic E-state index is 0.278. The number of halogens is 1. The van der Waals surface area contributed by atoms with Crippen molar-refractivity contribution in [2.24, 2.45) is 0 Å². The van der Waals surface area contributed by atoms with Crippen LogP contribution in [-0.4, -0.2) is 21.1 Å². The lowest BCUT2D eigenvalue weighted by molar-refractivity contribution is 0.102. The summed E-state index contributed by atoms with van der Waals surface area (Å²) in [4.78, 5) is 15.9. The first kappa shape index (κ1) is 15.9. The molecule has 2 heterocycles. The molecule has 2 N–H and O–H groups in total. The monoisotopic (exact) mass is 339 g/mol. The lowest BCUT2D eigenvalue weighted by Crippen LogP contribution is -2.13. The van der Waals surface area contributed by atoms with Crippen LogP contribution in [0.5, 0.6) is 0 Å². The fraction of sp³-hybridized carbons (Fsp3) is 0.0588. The Morgan fingerprint density at radius 3 is 2.42 bits per heavy atom. The highest BCUT2D eigenvalue weighted by Crippen LogP contribution is 2.12. The van der Waals surface area contributed by atoms with Gasteiger partial charge < -0.3 is 10.6 Å². The van der Waals surface area contributed by atoms with E-state index in [9.17, 15) is 4.79 Å². The van der Waals surface area contributed by atoms with Crippen LogP contribution in [0.2, 0.25) is 5.02 Å². The smallest absolute Gasteiger partial charge is 0.258 e. The number of carbonyl (C=O) groups is 1. The molecule has 24 heavy (non-hydrogen) atoms. The van der Waals surface area contributed by atoms with E-state index in [1.165, 1.54) is 6.20 Å². The molecule has 1 aromatic carbocycles. The van der Waals surface area contributed by atoms with E-state index in [-0.39, 0.29) is 5.91 Å². The Hall–Kier alpha value is -2.99. The Balaban J connectivity index is 1.57. The molecule has 7 heteroatoms. The second-order valence-corrected chi connectivity index (χ2v) is 5.42. The van der Waals surface area contributed by atoms with Gasteiger partial charge in [0.15, 0.2) is 5.82 Å². The SMILES string of the molecule is O=C(Nc1ccc(NCc2ccc(Cl)cc2)nn1)c1cccnc1. The largest absolute Gasteiger partial charge is 0.365 e. The van der Waals surface area contributed by atoms with Crippen molar-refractivity contribution in [2.75, 3.05) is 10.6 Å². The van der Waals surface area contributed by atoms with Crippen molar-refractivity contribution >= 4 is 29.1 Å². The van der Waals surface area contributed by atoms with Crippen molar-refractivity contribution in [2.45, 2.75) is 6.54 Å². The molecule has 120 valence electrons. The van der Waals surface area contributed by atoms with Crippen molar-refractivity contribution in [3.63, 3.8) is 0 Å². The molecule has 0 spiro atoms. The van der Waals surface area contributed by atoms with Gasteiger partial charge in [-0.3, -0.25) is 9.78 Å². The van der Waals surface area contributed by atoms with Gasteiger partial charge in [0.05, 0.1) is 5.56 Å². The Morgan fingerprint density at radius 1 is 1.00 bits per heavy atom. The number of anilines is 2. The number of nitrogens with zero attached hydrogens (tertiary/aromatic N) is 3. The summed E-state index contributed by atoms with van der Waals surface area (Å²) < 4.78 is 0. The molecule has 0 aliphatic heterocycles. The molecule has 0 unspecified atom stereocenters. The number of benzene rings is 1. The second kappa shape index (κ2) is 7.52. The fourth-order valence-corrected chi connectivity index (χ4v) is 2.10.